The van der Waals surface area contributed by atoms with E-state index in [1.54, 1.807) is 0 Å². The quantitative estimate of drug-likeness (QED) is 0.459. The number of rotatable bonds is 5. The van der Waals surface area contributed by atoms with E-state index in [4.69, 9.17) is 0 Å². The average Bonchev–Trinajstić information content (AvgIpc) is 2.43. The highest BCUT2D eigenvalue weighted by molar-refractivity contribution is 4.78. The van der Waals surface area contributed by atoms with E-state index in [9.17, 15) is 0 Å². The Kier molecular flexibility index (Phi) is 10.1. The maximum absolute atomic E-state index is 2.33. The van der Waals surface area contributed by atoms with Crippen LogP contribution in [0.25, 0.3) is 0 Å². The van der Waals surface area contributed by atoms with Crippen LogP contribution in [-0.4, -0.2) is 10.0 Å². The highest BCUT2D eigenvalue weighted by atomic mass is 79.9. The van der Waals surface area contributed by atoms with Gasteiger partial charge in [-0.3, -0.25) is 0 Å². The van der Waals surface area contributed by atoms with Gasteiger partial charge in [-0.15, -0.1) is 0 Å². The van der Waals surface area contributed by atoms with Gasteiger partial charge in [-0.05, 0) is 12.8 Å². The van der Waals surface area contributed by atoms with Crippen LogP contribution in [0.5, 0.6) is 0 Å². The highest BCUT2D eigenvalue weighted by Crippen LogP contribution is 2.02. The predicted molar refractivity (Wildman–Crippen MR) is 58.1 cm³/mol. The van der Waals surface area contributed by atoms with Gasteiger partial charge in [-0.25, -0.2) is 9.13 Å². The number of nitrogens with zero attached hydrogens (tertiary/aromatic N) is 2. The summed E-state index contributed by atoms with van der Waals surface area (Å²) in [4.78, 5) is 0. The second-order valence-electron chi connectivity index (χ2n) is 3.71. The minimum atomic E-state index is 0. The number of aromatic nitrogens is 2. The number of imidazole rings is 1. The Hall–Kier alpha value is -0.350. The first-order valence-electron chi connectivity index (χ1n) is 5.27. The molecule has 1 aromatic rings. The molecule has 2 N–H and O–H groups in total. The van der Waals surface area contributed by atoms with Gasteiger partial charge in [0, 0.05) is 6.92 Å². The smallest absolute Gasteiger partial charge is 0.253 e. The normalized spacial score (nSPS) is 9.27. The summed E-state index contributed by atoms with van der Waals surface area (Å²) in [6, 6.07) is 0. The molecule has 0 spiro atoms. The van der Waals surface area contributed by atoms with Crippen LogP contribution >= 0.6 is 0 Å². The van der Waals surface area contributed by atoms with E-state index < -0.39 is 0 Å². The Morgan fingerprint density at radius 3 is 2.40 bits per heavy atom. The van der Waals surface area contributed by atoms with Crippen molar-refractivity contribution in [2.75, 3.05) is 0 Å². The number of unbranched alkanes of at least 4 members (excludes halogenated alkanes) is 3. The fourth-order valence-electron chi connectivity index (χ4n) is 1.54. The molecular formula is C11H23BrN2O. The third kappa shape index (κ3) is 5.33. The van der Waals surface area contributed by atoms with Gasteiger partial charge in [0.25, 0.3) is 5.82 Å². The molecule has 0 radical (unpaired) electrons. The zero-order chi connectivity index (χ0) is 9.68. The molecule has 0 aliphatic rings. The predicted octanol–water partition coefficient (Wildman–Crippen LogP) is -1.62. The zero-order valence-corrected chi connectivity index (χ0v) is 11.5. The van der Waals surface area contributed by atoms with E-state index in [1.807, 2.05) is 0 Å². The summed E-state index contributed by atoms with van der Waals surface area (Å²) in [6.07, 6.45) is 9.64. The number of hydrogen-bond acceptors (Lipinski definition) is 0. The SMILES string of the molecule is CCCCCCn1cc[n+](C)c1C.O.[Br-]. The van der Waals surface area contributed by atoms with Crippen LogP contribution in [0.4, 0.5) is 0 Å². The molecule has 0 fully saturated rings. The fourth-order valence-corrected chi connectivity index (χ4v) is 1.54. The van der Waals surface area contributed by atoms with E-state index in [1.165, 1.54) is 38.1 Å². The first-order valence-corrected chi connectivity index (χ1v) is 5.27. The number of hydrogen-bond donors (Lipinski definition) is 0. The van der Waals surface area contributed by atoms with Crippen molar-refractivity contribution in [1.29, 1.82) is 0 Å². The molecule has 0 aliphatic heterocycles. The van der Waals surface area contributed by atoms with E-state index in [2.05, 4.69) is 42.4 Å². The third-order valence-electron chi connectivity index (χ3n) is 2.65. The summed E-state index contributed by atoms with van der Waals surface area (Å²) in [5.74, 6) is 1.34. The van der Waals surface area contributed by atoms with Gasteiger partial charge in [0.2, 0.25) is 0 Å². The van der Waals surface area contributed by atoms with Gasteiger partial charge in [0.1, 0.15) is 12.4 Å². The Morgan fingerprint density at radius 2 is 1.93 bits per heavy atom. The topological polar surface area (TPSA) is 40.3 Å². The van der Waals surface area contributed by atoms with Gasteiger partial charge in [-0.1, -0.05) is 19.8 Å². The van der Waals surface area contributed by atoms with Crippen molar-refractivity contribution in [1.82, 2.24) is 4.57 Å². The van der Waals surface area contributed by atoms with E-state index in [0.717, 1.165) is 0 Å². The van der Waals surface area contributed by atoms with Crippen LogP contribution < -0.4 is 21.5 Å². The lowest BCUT2D eigenvalue weighted by Gasteiger charge is -1.98. The van der Waals surface area contributed by atoms with Crippen LogP contribution in [0.15, 0.2) is 12.4 Å². The molecule has 0 bridgehead atoms. The molecule has 0 aromatic carbocycles. The van der Waals surface area contributed by atoms with Crippen LogP contribution in [0.1, 0.15) is 38.4 Å². The average molecular weight is 279 g/mol. The van der Waals surface area contributed by atoms with Gasteiger partial charge in [-0.2, -0.15) is 0 Å². The monoisotopic (exact) mass is 278 g/mol. The summed E-state index contributed by atoms with van der Waals surface area (Å²) in [7, 11) is 2.10. The molecule has 1 rings (SSSR count). The summed E-state index contributed by atoms with van der Waals surface area (Å²) < 4.78 is 4.50. The molecule has 3 nitrogen and oxygen atoms in total. The largest absolute Gasteiger partial charge is 1.00 e. The molecule has 0 atom stereocenters. The molecule has 0 unspecified atom stereocenters. The van der Waals surface area contributed by atoms with E-state index in [0.29, 0.717) is 0 Å². The van der Waals surface area contributed by atoms with Crippen molar-refractivity contribution < 1.29 is 27.0 Å². The Bertz CT molecular complexity index is 261. The van der Waals surface area contributed by atoms with Gasteiger partial charge in [0.15, 0.2) is 0 Å². The molecule has 15 heavy (non-hydrogen) atoms. The van der Waals surface area contributed by atoms with E-state index >= 15 is 0 Å². The lowest BCUT2D eigenvalue weighted by atomic mass is 10.2. The zero-order valence-electron chi connectivity index (χ0n) is 9.96. The third-order valence-corrected chi connectivity index (χ3v) is 2.65. The molecule has 4 heteroatoms. The molecule has 0 amide bonds. The van der Waals surface area contributed by atoms with Crippen molar-refractivity contribution in [3.05, 3.63) is 18.2 Å². The van der Waals surface area contributed by atoms with Gasteiger partial charge < -0.3 is 22.5 Å². The van der Waals surface area contributed by atoms with Crippen LogP contribution in [0, 0.1) is 6.92 Å². The molecule has 0 saturated heterocycles. The number of aryl methyl sites for hydroxylation is 2. The Labute approximate surface area is 103 Å². The lowest BCUT2D eigenvalue weighted by molar-refractivity contribution is -0.677. The summed E-state index contributed by atoms with van der Waals surface area (Å²) in [6.45, 7) is 5.59. The van der Waals surface area contributed by atoms with Crippen molar-refractivity contribution in [2.24, 2.45) is 7.05 Å². The molecule has 90 valence electrons. The standard InChI is InChI=1S/C11H21N2.BrH.H2O/c1-4-5-6-7-8-13-10-9-12(3)11(13)2;;/h9-10H,4-8H2,1-3H3;1H;1H2/q+1;;/p-1. The molecule has 1 aromatic heterocycles. The second kappa shape index (κ2) is 8.92. The van der Waals surface area contributed by atoms with Crippen molar-refractivity contribution in [3.8, 4) is 0 Å². The maximum atomic E-state index is 2.33. The molecule has 0 saturated carbocycles. The summed E-state index contributed by atoms with van der Waals surface area (Å²) >= 11 is 0. The van der Waals surface area contributed by atoms with Gasteiger partial charge in [0.05, 0.1) is 13.6 Å². The minimum absolute atomic E-state index is 0. The lowest BCUT2D eigenvalue weighted by Crippen LogP contribution is -3.00. The first-order chi connectivity index (χ1) is 6.25. The minimum Gasteiger partial charge on any atom is -1.00 e. The van der Waals surface area contributed by atoms with Gasteiger partial charge >= 0.3 is 0 Å². The fraction of sp³-hybridized carbons (Fsp3) is 0.727. The molecule has 0 aliphatic carbocycles. The Balaban J connectivity index is 0. The van der Waals surface area contributed by atoms with Crippen LogP contribution in [0.2, 0.25) is 0 Å². The van der Waals surface area contributed by atoms with Crippen molar-refractivity contribution >= 4 is 0 Å². The van der Waals surface area contributed by atoms with Crippen LogP contribution in [0.3, 0.4) is 0 Å². The number of halogens is 1. The summed E-state index contributed by atoms with van der Waals surface area (Å²) in [5, 5.41) is 0. The highest BCUT2D eigenvalue weighted by Gasteiger charge is 2.06. The first kappa shape index (κ1) is 17.1. The van der Waals surface area contributed by atoms with Crippen LogP contribution in [-0.2, 0) is 13.6 Å². The molecular weight excluding hydrogens is 256 g/mol. The molecule has 1 heterocycles. The van der Waals surface area contributed by atoms with E-state index in [-0.39, 0.29) is 22.5 Å². The second-order valence-corrected chi connectivity index (χ2v) is 3.71. The summed E-state index contributed by atoms with van der Waals surface area (Å²) in [5.41, 5.74) is 0. The Morgan fingerprint density at radius 1 is 1.27 bits per heavy atom. The van der Waals surface area contributed by atoms with Crippen molar-refractivity contribution in [3.63, 3.8) is 0 Å². The van der Waals surface area contributed by atoms with Crippen molar-refractivity contribution in [2.45, 2.75) is 46.1 Å². The maximum Gasteiger partial charge on any atom is 0.253 e.